The molecule has 0 saturated carbocycles. The molecule has 3 heteroatoms. The molecule has 58 heavy (non-hydrogen) atoms. The summed E-state index contributed by atoms with van der Waals surface area (Å²) in [5, 5.41) is 7.70. The van der Waals surface area contributed by atoms with Crippen molar-refractivity contribution in [2.75, 3.05) is 4.90 Å². The van der Waals surface area contributed by atoms with E-state index in [0.717, 1.165) is 22.7 Å². The minimum absolute atomic E-state index is 0.120. The van der Waals surface area contributed by atoms with Crippen LogP contribution in [-0.4, -0.2) is 4.57 Å². The molecule has 0 fully saturated rings. The van der Waals surface area contributed by atoms with Gasteiger partial charge in [-0.05, 0) is 123 Å². The zero-order valence-corrected chi connectivity index (χ0v) is 33.1. The number of benzene rings is 9. The molecular formula is C55H38N2S. The van der Waals surface area contributed by atoms with E-state index in [2.05, 4.69) is 217 Å². The third-order valence-electron chi connectivity index (χ3n) is 12.5. The van der Waals surface area contributed by atoms with Gasteiger partial charge in [-0.2, -0.15) is 0 Å². The maximum atomic E-state index is 2.47. The van der Waals surface area contributed by atoms with Crippen LogP contribution in [0, 0.1) is 0 Å². The van der Waals surface area contributed by atoms with Crippen LogP contribution in [0.4, 0.5) is 17.1 Å². The molecule has 274 valence electrons. The molecule has 1 aliphatic carbocycles. The zero-order chi connectivity index (χ0) is 38.5. The van der Waals surface area contributed by atoms with E-state index < -0.39 is 0 Å². The van der Waals surface area contributed by atoms with Crippen molar-refractivity contribution in [3.63, 3.8) is 0 Å². The summed E-state index contributed by atoms with van der Waals surface area (Å²) in [5.41, 5.74) is 14.6. The van der Waals surface area contributed by atoms with E-state index in [1.54, 1.807) is 0 Å². The van der Waals surface area contributed by atoms with Crippen LogP contribution in [0.25, 0.3) is 80.7 Å². The van der Waals surface area contributed by atoms with Gasteiger partial charge in [0.15, 0.2) is 0 Å². The molecule has 12 rings (SSSR count). The van der Waals surface area contributed by atoms with Crippen molar-refractivity contribution in [3.8, 4) is 27.9 Å². The Morgan fingerprint density at radius 3 is 2.00 bits per heavy atom. The van der Waals surface area contributed by atoms with Gasteiger partial charge in [-0.25, -0.2) is 0 Å². The number of aromatic nitrogens is 1. The van der Waals surface area contributed by atoms with Crippen molar-refractivity contribution in [2.45, 2.75) is 19.3 Å². The van der Waals surface area contributed by atoms with Gasteiger partial charge in [0.25, 0.3) is 0 Å². The maximum absolute atomic E-state index is 2.47. The number of rotatable bonds is 5. The fraction of sp³-hybridized carbons (Fsp3) is 0.0545. The number of anilines is 3. The molecule has 11 aromatic rings. The Bertz CT molecular complexity index is 3430. The van der Waals surface area contributed by atoms with Crippen LogP contribution >= 0.6 is 11.3 Å². The first-order valence-corrected chi connectivity index (χ1v) is 20.9. The summed E-state index contributed by atoms with van der Waals surface area (Å²) >= 11 is 1.88. The van der Waals surface area contributed by atoms with Crippen molar-refractivity contribution in [2.24, 2.45) is 0 Å². The van der Waals surface area contributed by atoms with Gasteiger partial charge < -0.3 is 9.47 Å². The van der Waals surface area contributed by atoms with Gasteiger partial charge in [0.1, 0.15) is 0 Å². The smallest absolute Gasteiger partial charge is 0.0547 e. The molecule has 0 atom stereocenters. The number of hydrogen-bond acceptors (Lipinski definition) is 2. The van der Waals surface area contributed by atoms with Gasteiger partial charge in [0.2, 0.25) is 0 Å². The molecule has 2 aromatic heterocycles. The number of fused-ring (bicyclic) bond motifs is 11. The van der Waals surface area contributed by atoms with E-state index in [1.165, 1.54) is 86.1 Å². The van der Waals surface area contributed by atoms with Crippen LogP contribution in [0.3, 0.4) is 0 Å². The summed E-state index contributed by atoms with van der Waals surface area (Å²) < 4.78 is 5.10. The highest BCUT2D eigenvalue weighted by molar-refractivity contribution is 7.26. The van der Waals surface area contributed by atoms with Crippen LogP contribution in [0.5, 0.6) is 0 Å². The molecule has 2 nitrogen and oxygen atoms in total. The fourth-order valence-electron chi connectivity index (χ4n) is 9.78. The quantitative estimate of drug-likeness (QED) is 0.170. The minimum Gasteiger partial charge on any atom is -0.310 e. The van der Waals surface area contributed by atoms with Gasteiger partial charge in [-0.3, -0.25) is 0 Å². The first-order valence-electron chi connectivity index (χ1n) is 20.1. The lowest BCUT2D eigenvalue weighted by molar-refractivity contribution is 0.660. The topological polar surface area (TPSA) is 8.17 Å². The summed E-state index contributed by atoms with van der Waals surface area (Å²) in [6.07, 6.45) is 0. The minimum atomic E-state index is -0.120. The monoisotopic (exact) mass is 758 g/mol. The molecule has 0 N–H and O–H groups in total. The van der Waals surface area contributed by atoms with Gasteiger partial charge in [0, 0.05) is 59.1 Å². The maximum Gasteiger partial charge on any atom is 0.0547 e. The first-order chi connectivity index (χ1) is 28.5. The van der Waals surface area contributed by atoms with Crippen molar-refractivity contribution in [1.82, 2.24) is 4.57 Å². The van der Waals surface area contributed by atoms with E-state index in [4.69, 9.17) is 0 Å². The van der Waals surface area contributed by atoms with Gasteiger partial charge in [0.05, 0.1) is 11.0 Å². The SMILES string of the molecule is CC1(C)c2ccccc2-c2ccc(N(c3cccc(-c4ccccc4)c3)c3ccc4c(c3)c3cc5c(ccc6sc7ccccc7c65)cc3n4-c3ccccc3)cc21. The predicted molar refractivity (Wildman–Crippen MR) is 249 cm³/mol. The molecule has 0 radical (unpaired) electrons. The lowest BCUT2D eigenvalue weighted by atomic mass is 9.82. The average Bonchev–Trinajstić information content (AvgIpc) is 3.89. The van der Waals surface area contributed by atoms with Gasteiger partial charge >= 0.3 is 0 Å². The predicted octanol–water partition coefficient (Wildman–Crippen LogP) is 15.7. The highest BCUT2D eigenvalue weighted by atomic mass is 32.1. The van der Waals surface area contributed by atoms with E-state index >= 15 is 0 Å². The third kappa shape index (κ3) is 4.90. The van der Waals surface area contributed by atoms with Crippen LogP contribution in [-0.2, 0) is 5.41 Å². The van der Waals surface area contributed by atoms with Gasteiger partial charge in [-0.1, -0.05) is 129 Å². The standard InChI is InChI=1S/C55H38N2S/c1-55(2)48-22-11-9-20-42(48)43-27-25-41(33-49(43)55)56(39-19-13-16-36(30-39)35-14-5-3-6-15-35)40-26-28-50-46(32-40)47-34-45-37(31-51(47)57(50)38-17-7-4-8-18-38)24-29-53-54(45)44-21-10-12-23-52(44)58-53/h3-34H,1-2H3. The largest absolute Gasteiger partial charge is 0.310 e. The number of para-hydroxylation sites is 1. The lowest BCUT2D eigenvalue weighted by Gasteiger charge is -2.28. The van der Waals surface area contributed by atoms with Crippen molar-refractivity contribution < 1.29 is 0 Å². The molecule has 0 saturated heterocycles. The summed E-state index contributed by atoms with van der Waals surface area (Å²) in [4.78, 5) is 2.46. The Kier molecular flexibility index (Phi) is 7.18. The van der Waals surface area contributed by atoms with Crippen LogP contribution < -0.4 is 4.90 Å². The normalized spacial score (nSPS) is 13.1. The summed E-state index contributed by atoms with van der Waals surface area (Å²) in [5.74, 6) is 0. The zero-order valence-electron chi connectivity index (χ0n) is 32.3. The summed E-state index contributed by atoms with van der Waals surface area (Å²) in [6.45, 7) is 4.73. The molecule has 9 aromatic carbocycles. The Morgan fingerprint density at radius 2 is 1.12 bits per heavy atom. The lowest BCUT2D eigenvalue weighted by Crippen LogP contribution is -2.16. The molecular weight excluding hydrogens is 721 g/mol. The molecule has 0 aliphatic heterocycles. The molecule has 2 heterocycles. The summed E-state index contributed by atoms with van der Waals surface area (Å²) in [6, 6.07) is 71.9. The van der Waals surface area contributed by atoms with E-state index in [0.29, 0.717) is 0 Å². The van der Waals surface area contributed by atoms with Crippen molar-refractivity contribution in [1.29, 1.82) is 0 Å². The second-order valence-corrected chi connectivity index (χ2v) is 17.2. The Hall–Kier alpha value is -6.94. The fourth-order valence-corrected chi connectivity index (χ4v) is 10.9. The van der Waals surface area contributed by atoms with Crippen LogP contribution in [0.2, 0.25) is 0 Å². The molecule has 0 bridgehead atoms. The Labute approximate surface area is 341 Å². The first kappa shape index (κ1) is 33.2. The number of nitrogens with zero attached hydrogens (tertiary/aromatic N) is 2. The van der Waals surface area contributed by atoms with Gasteiger partial charge in [-0.15, -0.1) is 11.3 Å². The van der Waals surface area contributed by atoms with Crippen LogP contribution in [0.1, 0.15) is 25.0 Å². The van der Waals surface area contributed by atoms with Crippen molar-refractivity contribution in [3.05, 3.63) is 205 Å². The van der Waals surface area contributed by atoms with E-state index in [1.807, 2.05) is 11.3 Å². The molecule has 0 unspecified atom stereocenters. The second-order valence-electron chi connectivity index (χ2n) is 16.2. The highest BCUT2D eigenvalue weighted by Gasteiger charge is 2.36. The molecule has 0 spiro atoms. The van der Waals surface area contributed by atoms with Crippen LogP contribution in [0.15, 0.2) is 194 Å². The highest BCUT2D eigenvalue weighted by Crippen LogP contribution is 2.51. The van der Waals surface area contributed by atoms with E-state index in [9.17, 15) is 0 Å². The van der Waals surface area contributed by atoms with E-state index in [-0.39, 0.29) is 5.41 Å². The van der Waals surface area contributed by atoms with Crippen molar-refractivity contribution >= 4 is 81.1 Å². The number of thiophene rings is 1. The molecule has 0 amide bonds. The Balaban J connectivity index is 1.13. The number of hydrogen-bond donors (Lipinski definition) is 0. The molecule has 1 aliphatic rings. The third-order valence-corrected chi connectivity index (χ3v) is 13.7. The second kappa shape index (κ2) is 12.5. The average molecular weight is 759 g/mol. The summed E-state index contributed by atoms with van der Waals surface area (Å²) in [7, 11) is 0. The Morgan fingerprint density at radius 1 is 0.431 bits per heavy atom.